The van der Waals surface area contributed by atoms with E-state index in [-0.39, 0.29) is 35.5 Å². The van der Waals surface area contributed by atoms with E-state index in [0.717, 1.165) is 6.08 Å². The summed E-state index contributed by atoms with van der Waals surface area (Å²) in [5.74, 6) is -1.58. The first-order valence-corrected chi connectivity index (χ1v) is 3.03. The Morgan fingerprint density at radius 2 is 1.77 bits per heavy atom. The Morgan fingerprint density at radius 1 is 1.46 bits per heavy atom. The van der Waals surface area contributed by atoms with E-state index in [0.29, 0.717) is 5.57 Å². The van der Waals surface area contributed by atoms with Crippen LogP contribution in [0.3, 0.4) is 0 Å². The third-order valence-corrected chi connectivity index (χ3v) is 0.701. The first-order chi connectivity index (χ1) is 5.45. The van der Waals surface area contributed by atoms with Crippen LogP contribution in [0.2, 0.25) is 0 Å². The van der Waals surface area contributed by atoms with Crippen molar-refractivity contribution in [2.24, 2.45) is 0 Å². The van der Waals surface area contributed by atoms with E-state index in [1.807, 2.05) is 0 Å². The number of rotatable bonds is 2. The third-order valence-electron chi connectivity index (χ3n) is 0.701. The Balaban J connectivity index is -0.000000150. The molecule has 0 amide bonds. The Labute approximate surface area is 99.6 Å². The van der Waals surface area contributed by atoms with Gasteiger partial charge in [-0.25, -0.2) is 4.79 Å². The van der Waals surface area contributed by atoms with Crippen LogP contribution in [0, 0.1) is 0 Å². The first-order valence-electron chi connectivity index (χ1n) is 3.03. The van der Waals surface area contributed by atoms with Gasteiger partial charge in [-0.2, -0.15) is 0 Å². The van der Waals surface area contributed by atoms with Gasteiger partial charge in [-0.05, 0) is 13.0 Å². The second-order valence-corrected chi connectivity index (χ2v) is 1.80. The summed E-state index contributed by atoms with van der Waals surface area (Å²) in [5.41, 5.74) is 0.433. The second-order valence-electron chi connectivity index (χ2n) is 1.80. The van der Waals surface area contributed by atoms with Crippen LogP contribution >= 0.6 is 0 Å². The molecule has 0 aliphatic rings. The summed E-state index contributed by atoms with van der Waals surface area (Å²) < 4.78 is 4.27. The van der Waals surface area contributed by atoms with Crippen molar-refractivity contribution in [3.8, 4) is 0 Å². The molecule has 13 heavy (non-hydrogen) atoms. The summed E-state index contributed by atoms with van der Waals surface area (Å²) in [4.78, 5) is 19.3. The minimum Gasteiger partial charge on any atom is -0.545 e. The molecule has 0 atom stereocenters. The van der Waals surface area contributed by atoms with E-state index >= 15 is 0 Å². The van der Waals surface area contributed by atoms with Gasteiger partial charge in [0.2, 0.25) is 0 Å². The number of hydrogen-bond donors (Lipinski definition) is 0. The topological polar surface area (TPSA) is 66.4 Å². The molecular weight excluding hydrogens is 183 g/mol. The van der Waals surface area contributed by atoms with Crippen LogP contribution in [0.5, 0.6) is 0 Å². The zero-order valence-electron chi connectivity index (χ0n) is 8.12. The summed E-state index contributed by atoms with van der Waals surface area (Å²) in [6.45, 7) is 7.85. The number of carboxylic acids is 1. The van der Waals surface area contributed by atoms with Crippen LogP contribution in [0.25, 0.3) is 0 Å². The smallest absolute Gasteiger partial charge is 0.545 e. The van der Waals surface area contributed by atoms with Crippen LogP contribution in [-0.4, -0.2) is 19.0 Å². The van der Waals surface area contributed by atoms with Crippen molar-refractivity contribution >= 4 is 11.9 Å². The molecule has 0 unspecified atom stereocenters. The molecule has 0 aliphatic carbocycles. The Hall–Kier alpha value is -0.580. The monoisotopic (exact) mass is 194 g/mol. The van der Waals surface area contributed by atoms with E-state index in [1.54, 1.807) is 6.92 Å². The van der Waals surface area contributed by atoms with E-state index in [9.17, 15) is 4.79 Å². The minimum absolute atomic E-state index is 0. The van der Waals surface area contributed by atoms with Crippen molar-refractivity contribution in [3.05, 3.63) is 24.8 Å². The Kier molecular flexibility index (Phi) is 16.0. The van der Waals surface area contributed by atoms with Gasteiger partial charge in [-0.1, -0.05) is 13.2 Å². The summed E-state index contributed by atoms with van der Waals surface area (Å²) in [7, 11) is 1.33. The van der Waals surface area contributed by atoms with E-state index in [4.69, 9.17) is 9.90 Å². The molecule has 0 bridgehead atoms. The van der Waals surface area contributed by atoms with Crippen molar-refractivity contribution < 1.29 is 49.0 Å². The van der Waals surface area contributed by atoms with E-state index < -0.39 is 5.97 Å². The van der Waals surface area contributed by atoms with Crippen molar-refractivity contribution in [3.63, 3.8) is 0 Å². The summed E-state index contributed by atoms with van der Waals surface area (Å²) in [5, 5.41) is 9.14. The predicted octanol–water partition coefficient (Wildman–Crippen LogP) is -3.34. The molecule has 0 N–H and O–H groups in total. The molecule has 0 radical (unpaired) electrons. The van der Waals surface area contributed by atoms with Gasteiger partial charge in [0.1, 0.15) is 0 Å². The first kappa shape index (κ1) is 18.3. The van der Waals surface area contributed by atoms with Gasteiger partial charge in [-0.15, -0.1) is 0 Å². The number of ether oxygens (including phenoxy) is 1. The maximum Gasteiger partial charge on any atom is 1.00 e. The van der Waals surface area contributed by atoms with Crippen molar-refractivity contribution in [1.82, 2.24) is 0 Å². The molecule has 0 saturated carbocycles. The summed E-state index contributed by atoms with van der Waals surface area (Å²) >= 11 is 0. The quantitative estimate of drug-likeness (QED) is 0.262. The number of carbonyl (C=O) groups is 2. The molecule has 4 nitrogen and oxygen atoms in total. The number of aliphatic carboxylic acids is 1. The summed E-state index contributed by atoms with van der Waals surface area (Å²) in [6, 6.07) is 0. The molecule has 5 heteroatoms. The average Bonchev–Trinajstić information content (AvgIpc) is 2.04. The van der Waals surface area contributed by atoms with Crippen LogP contribution in [0.15, 0.2) is 24.8 Å². The summed E-state index contributed by atoms with van der Waals surface area (Å²) in [6.07, 6.45) is 0.722. The van der Waals surface area contributed by atoms with Crippen LogP contribution in [0.1, 0.15) is 6.92 Å². The Bertz CT molecular complexity index is 198. The number of methoxy groups -OCH3 is 1. The zero-order valence-corrected chi connectivity index (χ0v) is 10.1. The van der Waals surface area contributed by atoms with Gasteiger partial charge in [-0.3, -0.25) is 0 Å². The molecule has 68 valence electrons. The van der Waals surface area contributed by atoms with Gasteiger partial charge < -0.3 is 14.6 Å². The van der Waals surface area contributed by atoms with E-state index in [2.05, 4.69) is 17.9 Å². The van der Waals surface area contributed by atoms with Crippen LogP contribution in [-0.2, 0) is 14.3 Å². The number of esters is 1. The van der Waals surface area contributed by atoms with Gasteiger partial charge >= 0.3 is 35.5 Å². The van der Waals surface area contributed by atoms with Crippen LogP contribution < -0.4 is 34.7 Å². The molecule has 0 aliphatic heterocycles. The Morgan fingerprint density at radius 3 is 1.77 bits per heavy atom. The molecular formula is C8H11NaO4. The zero-order chi connectivity index (χ0) is 10.1. The standard InChI is InChI=1S/C5H8O2.C3H4O2.Na/c1-4(2)5(6)7-3;1-2-3(4)5;/h1H2,2-3H3;2H,1H2,(H,4,5);/q;;+1/p-1. The normalized spacial score (nSPS) is 6.62. The molecule has 0 aromatic rings. The molecule has 0 saturated heterocycles. The number of carbonyl (C=O) groups excluding carboxylic acids is 2. The molecule has 0 rings (SSSR count). The average molecular weight is 194 g/mol. The van der Waals surface area contributed by atoms with E-state index in [1.165, 1.54) is 7.11 Å². The largest absolute Gasteiger partial charge is 1.00 e. The minimum atomic E-state index is -1.23. The van der Waals surface area contributed by atoms with Crippen molar-refractivity contribution in [1.29, 1.82) is 0 Å². The molecule has 0 aromatic carbocycles. The van der Waals surface area contributed by atoms with Gasteiger partial charge in [0, 0.05) is 5.57 Å². The van der Waals surface area contributed by atoms with Gasteiger partial charge in [0.05, 0.1) is 13.1 Å². The van der Waals surface area contributed by atoms with Crippen LogP contribution in [0.4, 0.5) is 0 Å². The fraction of sp³-hybridized carbons (Fsp3) is 0.250. The predicted molar refractivity (Wildman–Crippen MR) is 42.0 cm³/mol. The fourth-order valence-electron chi connectivity index (χ4n) is 0.174. The third kappa shape index (κ3) is 18.4. The SMILES string of the molecule is C=C(C)C(=O)OC.C=CC(=O)[O-].[Na+]. The second kappa shape index (κ2) is 11.4. The van der Waals surface area contributed by atoms with Crippen molar-refractivity contribution in [2.45, 2.75) is 6.92 Å². The van der Waals surface area contributed by atoms with Gasteiger partial charge in [0.25, 0.3) is 0 Å². The molecule has 0 aromatic heterocycles. The van der Waals surface area contributed by atoms with Crippen molar-refractivity contribution in [2.75, 3.05) is 7.11 Å². The number of carboxylic acid groups (broad SMARTS) is 1. The maximum atomic E-state index is 10.2. The van der Waals surface area contributed by atoms with Gasteiger partial charge in [0.15, 0.2) is 0 Å². The molecule has 0 fully saturated rings. The molecule has 0 spiro atoms. The maximum absolute atomic E-state index is 10.2. The molecule has 0 heterocycles. The number of hydrogen-bond acceptors (Lipinski definition) is 4. The fourth-order valence-corrected chi connectivity index (χ4v) is 0.174.